The van der Waals surface area contributed by atoms with Crippen LogP contribution in [0.1, 0.15) is 12.1 Å². The van der Waals surface area contributed by atoms with E-state index in [4.69, 9.17) is 18.0 Å². The highest BCUT2D eigenvalue weighted by Gasteiger charge is 2.36. The first kappa shape index (κ1) is 15.8. The van der Waals surface area contributed by atoms with Crippen LogP contribution in [0.2, 0.25) is 0 Å². The second-order valence-electron chi connectivity index (χ2n) is 4.62. The third kappa shape index (κ3) is 3.20. The summed E-state index contributed by atoms with van der Waals surface area (Å²) in [7, 11) is -2.39. The summed E-state index contributed by atoms with van der Waals surface area (Å²) in [6.45, 7) is 0.394. The lowest BCUT2D eigenvalue weighted by molar-refractivity contribution is -0.144. The number of esters is 1. The highest BCUT2D eigenvalue weighted by atomic mass is 32.2. The summed E-state index contributed by atoms with van der Waals surface area (Å²) in [6, 6.07) is 2.87. The fourth-order valence-corrected chi connectivity index (χ4v) is 3.70. The van der Waals surface area contributed by atoms with Gasteiger partial charge in [-0.25, -0.2) is 8.42 Å². The predicted molar refractivity (Wildman–Crippen MR) is 79.0 cm³/mol. The highest BCUT2D eigenvalue weighted by molar-refractivity contribution is 7.89. The van der Waals surface area contributed by atoms with Crippen molar-refractivity contribution in [3.05, 3.63) is 24.0 Å². The van der Waals surface area contributed by atoms with Gasteiger partial charge in [0.25, 0.3) is 0 Å². The second kappa shape index (κ2) is 6.04. The maximum Gasteiger partial charge on any atom is 0.310 e. The van der Waals surface area contributed by atoms with Gasteiger partial charge in [-0.3, -0.25) is 9.78 Å². The van der Waals surface area contributed by atoms with E-state index in [2.05, 4.69) is 9.72 Å². The molecule has 2 N–H and O–H groups in total. The molecular weight excluding hydrogens is 314 g/mol. The quantitative estimate of drug-likeness (QED) is 0.608. The minimum atomic E-state index is -3.68. The molecule has 0 saturated carbocycles. The Morgan fingerprint density at radius 1 is 1.52 bits per heavy atom. The monoisotopic (exact) mass is 329 g/mol. The van der Waals surface area contributed by atoms with Gasteiger partial charge >= 0.3 is 5.97 Å². The van der Waals surface area contributed by atoms with E-state index >= 15 is 0 Å². The van der Waals surface area contributed by atoms with E-state index in [0.717, 1.165) is 0 Å². The van der Waals surface area contributed by atoms with Gasteiger partial charge < -0.3 is 10.5 Å². The Kier molecular flexibility index (Phi) is 4.55. The van der Waals surface area contributed by atoms with Crippen LogP contribution in [0.15, 0.2) is 23.2 Å². The molecule has 9 heteroatoms. The molecule has 0 aromatic carbocycles. The first-order valence-corrected chi connectivity index (χ1v) is 8.05. The summed E-state index contributed by atoms with van der Waals surface area (Å²) in [5.41, 5.74) is 5.78. The zero-order valence-corrected chi connectivity index (χ0v) is 13.0. The number of nitrogens with two attached hydrogens (primary N) is 1. The van der Waals surface area contributed by atoms with Gasteiger partial charge in [0.1, 0.15) is 9.88 Å². The van der Waals surface area contributed by atoms with Crippen LogP contribution in [0.4, 0.5) is 0 Å². The van der Waals surface area contributed by atoms with Crippen molar-refractivity contribution in [2.45, 2.75) is 11.3 Å². The maximum absolute atomic E-state index is 12.4. The molecule has 1 aromatic heterocycles. The topological polar surface area (TPSA) is 103 Å². The number of carbonyl (C=O) groups excluding carboxylic acids is 1. The molecule has 1 saturated heterocycles. The second-order valence-corrected chi connectivity index (χ2v) is 6.99. The Bertz CT molecular complexity index is 658. The fraction of sp³-hybridized carbons (Fsp3) is 0.417. The van der Waals surface area contributed by atoms with Crippen molar-refractivity contribution in [2.24, 2.45) is 11.7 Å². The third-order valence-electron chi connectivity index (χ3n) is 3.31. The number of ether oxygens (including phenoxy) is 1. The molecule has 7 nitrogen and oxygen atoms in total. The molecule has 114 valence electrons. The van der Waals surface area contributed by atoms with Crippen molar-refractivity contribution in [1.29, 1.82) is 0 Å². The van der Waals surface area contributed by atoms with Crippen molar-refractivity contribution < 1.29 is 17.9 Å². The lowest BCUT2D eigenvalue weighted by atomic mass is 10.1. The number of pyridine rings is 1. The highest BCUT2D eigenvalue weighted by Crippen LogP contribution is 2.24. The summed E-state index contributed by atoms with van der Waals surface area (Å²) in [5.74, 6) is -0.816. The van der Waals surface area contributed by atoms with Gasteiger partial charge in [-0.15, -0.1) is 0 Å². The van der Waals surface area contributed by atoms with Crippen molar-refractivity contribution >= 4 is 33.2 Å². The first-order chi connectivity index (χ1) is 9.86. The Labute approximate surface area is 128 Å². The van der Waals surface area contributed by atoms with Gasteiger partial charge in [-0.2, -0.15) is 4.31 Å². The maximum atomic E-state index is 12.4. The lowest BCUT2D eigenvalue weighted by Crippen LogP contribution is -2.30. The van der Waals surface area contributed by atoms with E-state index in [1.54, 1.807) is 0 Å². The van der Waals surface area contributed by atoms with Crippen molar-refractivity contribution in [3.8, 4) is 0 Å². The van der Waals surface area contributed by atoms with Crippen LogP contribution in [0.3, 0.4) is 0 Å². The number of hydrogen-bond acceptors (Lipinski definition) is 6. The number of sulfonamides is 1. The van der Waals surface area contributed by atoms with Crippen molar-refractivity contribution in [1.82, 2.24) is 9.29 Å². The summed E-state index contributed by atoms with van der Waals surface area (Å²) >= 11 is 4.77. The number of nitrogens with zero attached hydrogens (tertiary/aromatic N) is 2. The van der Waals surface area contributed by atoms with Crippen LogP contribution < -0.4 is 5.73 Å². The van der Waals surface area contributed by atoms with Crippen molar-refractivity contribution in [3.63, 3.8) is 0 Å². The largest absolute Gasteiger partial charge is 0.469 e. The molecule has 1 fully saturated rings. The molecule has 21 heavy (non-hydrogen) atoms. The van der Waals surface area contributed by atoms with Crippen LogP contribution in [-0.2, 0) is 19.6 Å². The SMILES string of the molecule is COC(=O)C1CCN(S(=O)(=O)c2ccc(C(N)=S)nc2)C1. The van der Waals surface area contributed by atoms with E-state index < -0.39 is 21.9 Å². The fourth-order valence-electron chi connectivity index (χ4n) is 2.13. The molecule has 2 heterocycles. The summed E-state index contributed by atoms with van der Waals surface area (Å²) in [5, 5.41) is 0. The Morgan fingerprint density at radius 2 is 2.24 bits per heavy atom. The molecule has 0 amide bonds. The molecule has 2 rings (SSSR count). The van der Waals surface area contributed by atoms with Gasteiger partial charge in [-0.1, -0.05) is 12.2 Å². The number of aromatic nitrogens is 1. The molecule has 1 unspecified atom stereocenters. The van der Waals surface area contributed by atoms with Gasteiger partial charge in [-0.05, 0) is 18.6 Å². The minimum absolute atomic E-state index is 0.0491. The molecule has 1 aromatic rings. The molecular formula is C12H15N3O4S2. The van der Waals surface area contributed by atoms with Crippen LogP contribution >= 0.6 is 12.2 Å². The zero-order chi connectivity index (χ0) is 15.6. The molecule has 1 aliphatic rings. The Hall–Kier alpha value is -1.58. The zero-order valence-electron chi connectivity index (χ0n) is 11.4. The standard InChI is InChI=1S/C12H15N3O4S2/c1-19-12(16)8-4-5-15(7-8)21(17,18)9-2-3-10(11(13)20)14-6-9/h2-3,6,8H,4-5,7H2,1H3,(H2,13,20). The minimum Gasteiger partial charge on any atom is -0.469 e. The predicted octanol–water partition coefficient (Wildman–Crippen LogP) is -0.101. The summed E-state index contributed by atoms with van der Waals surface area (Å²) < 4.78 is 30.8. The Balaban J connectivity index is 2.19. The van der Waals surface area contributed by atoms with Crippen LogP contribution in [0.5, 0.6) is 0 Å². The number of hydrogen-bond donors (Lipinski definition) is 1. The molecule has 0 bridgehead atoms. The van der Waals surface area contributed by atoms with Crippen LogP contribution in [0, 0.1) is 5.92 Å². The van der Waals surface area contributed by atoms with E-state index in [1.165, 1.54) is 29.7 Å². The summed E-state index contributed by atoms with van der Waals surface area (Å²) in [6.07, 6.45) is 1.67. The van der Waals surface area contributed by atoms with Gasteiger partial charge in [0.15, 0.2) is 0 Å². The normalized spacial score (nSPS) is 19.4. The first-order valence-electron chi connectivity index (χ1n) is 6.20. The van der Waals surface area contributed by atoms with Crippen LogP contribution in [-0.4, -0.2) is 48.9 Å². The molecule has 0 radical (unpaired) electrons. The number of carbonyl (C=O) groups is 1. The molecule has 1 atom stereocenters. The summed E-state index contributed by atoms with van der Waals surface area (Å²) in [4.78, 5) is 15.5. The van der Waals surface area contributed by atoms with Gasteiger partial charge in [0.05, 0.1) is 18.7 Å². The van der Waals surface area contributed by atoms with Gasteiger partial charge in [0.2, 0.25) is 10.0 Å². The average Bonchev–Trinajstić information content (AvgIpc) is 2.97. The Morgan fingerprint density at radius 3 is 2.76 bits per heavy atom. The van der Waals surface area contributed by atoms with E-state index in [0.29, 0.717) is 12.1 Å². The number of methoxy groups -OCH3 is 1. The number of thiocarbonyl (C=S) groups is 1. The number of rotatable bonds is 4. The van der Waals surface area contributed by atoms with E-state index in [9.17, 15) is 13.2 Å². The van der Waals surface area contributed by atoms with Crippen molar-refractivity contribution in [2.75, 3.05) is 20.2 Å². The average molecular weight is 329 g/mol. The molecule has 0 spiro atoms. The lowest BCUT2D eigenvalue weighted by Gasteiger charge is -2.16. The van der Waals surface area contributed by atoms with Crippen LogP contribution in [0.25, 0.3) is 0 Å². The third-order valence-corrected chi connectivity index (χ3v) is 5.37. The van der Waals surface area contributed by atoms with Gasteiger partial charge in [0, 0.05) is 19.3 Å². The van der Waals surface area contributed by atoms with E-state index in [-0.39, 0.29) is 23.0 Å². The molecule has 1 aliphatic heterocycles. The smallest absolute Gasteiger partial charge is 0.310 e. The van der Waals surface area contributed by atoms with E-state index in [1.807, 2.05) is 0 Å². The molecule has 0 aliphatic carbocycles.